The predicted octanol–water partition coefficient (Wildman–Crippen LogP) is 5.15. The fourth-order valence-corrected chi connectivity index (χ4v) is 5.72. The molecular weight excluding hydrogens is 601 g/mol. The molecule has 1 unspecified atom stereocenters. The van der Waals surface area contributed by atoms with Gasteiger partial charge in [-0.05, 0) is 37.0 Å². The highest BCUT2D eigenvalue weighted by Gasteiger charge is 2.37. The lowest BCUT2D eigenvalue weighted by atomic mass is 10.0. The number of aromatic amines is 1. The van der Waals surface area contributed by atoms with Crippen LogP contribution in [-0.4, -0.2) is 58.2 Å². The van der Waals surface area contributed by atoms with E-state index in [0.717, 1.165) is 36.7 Å². The second kappa shape index (κ2) is 19.3. The van der Waals surface area contributed by atoms with E-state index in [0.29, 0.717) is 12.8 Å². The van der Waals surface area contributed by atoms with Crippen molar-refractivity contribution >= 4 is 7.82 Å². The summed E-state index contributed by atoms with van der Waals surface area (Å²) in [7, 11) is -4.45. The average molecular weight is 647 g/mol. The molecule has 2 aromatic rings. The predicted molar refractivity (Wildman–Crippen MR) is 159 cm³/mol. The normalized spacial score (nSPS) is 19.8. The number of aliphatic hydroxyl groups excluding tert-OH is 1. The van der Waals surface area contributed by atoms with Crippen molar-refractivity contribution in [1.29, 1.82) is 0 Å². The van der Waals surface area contributed by atoms with Crippen LogP contribution < -0.4 is 11.2 Å². The SMILES string of the molecule is O=c1[nH]c(=O)n([C@H]2C[C@H](O)[C@@H](COP(=O)(O)OCCOCCCCCCCCCCCCCc3ccc(F)cc3)O2)cc1F. The van der Waals surface area contributed by atoms with Gasteiger partial charge in [0.1, 0.15) is 18.1 Å². The highest BCUT2D eigenvalue weighted by atomic mass is 31.2. The maximum absolute atomic E-state index is 13.5. The van der Waals surface area contributed by atoms with E-state index in [1.165, 1.54) is 62.6 Å². The van der Waals surface area contributed by atoms with Crippen molar-refractivity contribution in [3.05, 3.63) is 68.5 Å². The van der Waals surface area contributed by atoms with Gasteiger partial charge in [-0.3, -0.25) is 23.4 Å². The maximum Gasteiger partial charge on any atom is 0.472 e. The Kier molecular flexibility index (Phi) is 15.9. The molecule has 1 aliphatic heterocycles. The number of phosphoric ester groups is 1. The highest BCUT2D eigenvalue weighted by Crippen LogP contribution is 2.44. The highest BCUT2D eigenvalue weighted by molar-refractivity contribution is 7.47. The van der Waals surface area contributed by atoms with Crippen LogP contribution in [0, 0.1) is 11.6 Å². The second-order valence-electron chi connectivity index (χ2n) is 11.1. The molecule has 44 heavy (non-hydrogen) atoms. The van der Waals surface area contributed by atoms with Crippen molar-refractivity contribution < 1.29 is 41.9 Å². The second-order valence-corrected chi connectivity index (χ2v) is 12.5. The number of rotatable bonds is 22. The molecule has 11 nitrogen and oxygen atoms in total. The van der Waals surface area contributed by atoms with Crippen molar-refractivity contribution in [2.45, 2.75) is 102 Å². The van der Waals surface area contributed by atoms with Gasteiger partial charge >= 0.3 is 13.5 Å². The minimum atomic E-state index is -4.45. The first kappa shape index (κ1) is 36.2. The zero-order chi connectivity index (χ0) is 31.8. The summed E-state index contributed by atoms with van der Waals surface area (Å²) >= 11 is 0. The first-order valence-electron chi connectivity index (χ1n) is 15.4. The van der Waals surface area contributed by atoms with E-state index in [1.54, 1.807) is 4.98 Å². The van der Waals surface area contributed by atoms with Crippen LogP contribution in [-0.2, 0) is 29.5 Å². The van der Waals surface area contributed by atoms with Gasteiger partial charge in [-0.15, -0.1) is 0 Å². The smallest absolute Gasteiger partial charge is 0.390 e. The van der Waals surface area contributed by atoms with E-state index in [-0.39, 0.29) is 25.5 Å². The molecule has 0 amide bonds. The van der Waals surface area contributed by atoms with Crippen LogP contribution in [0.3, 0.4) is 0 Å². The number of ether oxygens (including phenoxy) is 2. The molecule has 14 heteroatoms. The van der Waals surface area contributed by atoms with E-state index in [2.05, 4.69) is 0 Å². The first-order chi connectivity index (χ1) is 21.1. The molecule has 248 valence electrons. The molecule has 3 rings (SSSR count). The van der Waals surface area contributed by atoms with Crippen LogP contribution in [0.25, 0.3) is 0 Å². The minimum absolute atomic E-state index is 0.114. The Bertz CT molecular complexity index is 1270. The lowest BCUT2D eigenvalue weighted by molar-refractivity contribution is -0.0474. The molecule has 4 atom stereocenters. The number of nitrogens with zero attached hydrogens (tertiary/aromatic N) is 1. The number of H-pyrrole nitrogens is 1. The summed E-state index contributed by atoms with van der Waals surface area (Å²) in [5.74, 6) is -1.38. The van der Waals surface area contributed by atoms with Crippen LogP contribution in [0.15, 0.2) is 40.1 Å². The monoisotopic (exact) mass is 646 g/mol. The number of aliphatic hydroxyl groups is 1. The number of nitrogens with one attached hydrogen (secondary N) is 1. The van der Waals surface area contributed by atoms with Gasteiger partial charge in [0.25, 0.3) is 5.56 Å². The van der Waals surface area contributed by atoms with Gasteiger partial charge in [0.15, 0.2) is 0 Å². The topological polar surface area (TPSA) is 149 Å². The Morgan fingerprint density at radius 1 is 0.886 bits per heavy atom. The average Bonchev–Trinajstić information content (AvgIpc) is 3.36. The first-order valence-corrected chi connectivity index (χ1v) is 16.9. The van der Waals surface area contributed by atoms with E-state index >= 15 is 0 Å². The third kappa shape index (κ3) is 13.4. The largest absolute Gasteiger partial charge is 0.472 e. The third-order valence-corrected chi connectivity index (χ3v) is 8.47. The van der Waals surface area contributed by atoms with Gasteiger partial charge in [-0.1, -0.05) is 69.9 Å². The standard InChI is InChI=1S/C30H45F2N2O9P/c31-24-15-13-23(14-16-24)12-10-8-6-4-2-1-3-5-7-9-11-17-40-18-19-41-44(38,39)42-22-27-26(35)20-28(43-27)34-21-25(32)29(36)33-30(34)37/h13-16,21,26-28,35H,1-12,17-20,22H2,(H,38,39)(H,33,36,37)/t26-,27+,28+/m0/s1. The Balaban J connectivity index is 1.11. The lowest BCUT2D eigenvalue weighted by Crippen LogP contribution is -2.34. The van der Waals surface area contributed by atoms with E-state index in [1.807, 2.05) is 12.1 Å². The molecule has 3 N–H and O–H groups in total. The third-order valence-electron chi connectivity index (χ3n) is 7.49. The van der Waals surface area contributed by atoms with E-state index in [4.69, 9.17) is 18.5 Å². The number of aromatic nitrogens is 2. The molecule has 0 spiro atoms. The number of hydrogen-bond acceptors (Lipinski definition) is 8. The number of hydrogen-bond donors (Lipinski definition) is 3. The number of unbranched alkanes of at least 4 members (excludes halogenated alkanes) is 10. The molecule has 1 aromatic carbocycles. The van der Waals surface area contributed by atoms with Crippen LogP contribution in [0.4, 0.5) is 8.78 Å². The molecule has 1 fully saturated rings. The molecule has 1 aliphatic rings. The Labute approximate surface area is 256 Å². The Hall–Kier alpha value is -2.25. The van der Waals surface area contributed by atoms with Crippen molar-refractivity contribution in [2.24, 2.45) is 0 Å². The molecule has 0 bridgehead atoms. The van der Waals surface area contributed by atoms with E-state index < -0.39 is 49.9 Å². The lowest BCUT2D eigenvalue weighted by Gasteiger charge is -2.18. The van der Waals surface area contributed by atoms with Gasteiger partial charge in [0.2, 0.25) is 5.82 Å². The molecule has 1 saturated heterocycles. The van der Waals surface area contributed by atoms with Crippen molar-refractivity contribution in [3.63, 3.8) is 0 Å². The van der Waals surface area contributed by atoms with Gasteiger partial charge in [-0.2, -0.15) is 4.39 Å². The Morgan fingerprint density at radius 3 is 2.16 bits per heavy atom. The zero-order valence-electron chi connectivity index (χ0n) is 25.0. The maximum atomic E-state index is 13.5. The number of aryl methyl sites for hydroxylation is 1. The summed E-state index contributed by atoms with van der Waals surface area (Å²) in [6, 6.07) is 6.76. The molecule has 0 saturated carbocycles. The van der Waals surface area contributed by atoms with Crippen molar-refractivity contribution in [3.8, 4) is 0 Å². The van der Waals surface area contributed by atoms with Crippen molar-refractivity contribution in [2.75, 3.05) is 26.4 Å². The van der Waals surface area contributed by atoms with Gasteiger partial charge in [0.05, 0.1) is 32.1 Å². The van der Waals surface area contributed by atoms with Gasteiger partial charge < -0.3 is 19.5 Å². The van der Waals surface area contributed by atoms with Crippen molar-refractivity contribution in [1.82, 2.24) is 9.55 Å². The molecule has 2 heterocycles. The van der Waals surface area contributed by atoms with Crippen LogP contribution >= 0.6 is 7.82 Å². The quantitative estimate of drug-likeness (QED) is 0.117. The van der Waals surface area contributed by atoms with Gasteiger partial charge in [-0.25, -0.2) is 13.8 Å². The summed E-state index contributed by atoms with van der Waals surface area (Å²) in [4.78, 5) is 34.8. The summed E-state index contributed by atoms with van der Waals surface area (Å²) < 4.78 is 60.1. The summed E-state index contributed by atoms with van der Waals surface area (Å²) in [5.41, 5.74) is -0.891. The van der Waals surface area contributed by atoms with Crippen LogP contribution in [0.5, 0.6) is 0 Å². The summed E-state index contributed by atoms with van der Waals surface area (Å²) in [5, 5.41) is 10.2. The van der Waals surface area contributed by atoms with Crippen LogP contribution in [0.1, 0.15) is 88.8 Å². The number of phosphoric acid groups is 1. The summed E-state index contributed by atoms with van der Waals surface area (Å²) in [6.07, 6.45) is 11.1. The zero-order valence-corrected chi connectivity index (χ0v) is 25.9. The van der Waals surface area contributed by atoms with Crippen LogP contribution in [0.2, 0.25) is 0 Å². The fraction of sp³-hybridized carbons (Fsp3) is 0.667. The molecular formula is C30H45F2N2O9P. The molecule has 0 aliphatic carbocycles. The minimum Gasteiger partial charge on any atom is -0.390 e. The summed E-state index contributed by atoms with van der Waals surface area (Å²) in [6.45, 7) is -0.0380. The molecule has 1 aromatic heterocycles. The fourth-order valence-electron chi connectivity index (χ4n) is 5.00. The van der Waals surface area contributed by atoms with Gasteiger partial charge in [0, 0.05) is 13.0 Å². The number of benzene rings is 1. The molecule has 0 radical (unpaired) electrons. The Morgan fingerprint density at radius 2 is 1.50 bits per heavy atom. The number of halogens is 2. The van der Waals surface area contributed by atoms with E-state index in [9.17, 15) is 32.9 Å².